The van der Waals surface area contributed by atoms with Crippen molar-refractivity contribution in [1.82, 2.24) is 4.72 Å². The first kappa shape index (κ1) is 35.3. The molecule has 0 aliphatic heterocycles. The first-order valence-corrected chi connectivity index (χ1v) is 16.8. The van der Waals surface area contributed by atoms with E-state index in [0.29, 0.717) is 16.7 Å². The van der Waals surface area contributed by atoms with Gasteiger partial charge < -0.3 is 25.9 Å². The van der Waals surface area contributed by atoms with E-state index in [2.05, 4.69) is 16.8 Å². The maximum absolute atomic E-state index is 12.8. The maximum atomic E-state index is 12.8. The van der Waals surface area contributed by atoms with E-state index in [4.69, 9.17) is 32.4 Å². The number of nitrogens with two attached hydrogens (primary N) is 1. The van der Waals surface area contributed by atoms with E-state index in [-0.39, 0.29) is 35.0 Å². The molecule has 0 saturated carbocycles. The molecule has 0 bridgehead atoms. The zero-order chi connectivity index (χ0) is 32.2. The molecule has 12 nitrogen and oxygen atoms in total. The molecule has 0 heterocycles. The number of halogens is 1. The minimum absolute atomic E-state index is 0.0584. The van der Waals surface area contributed by atoms with Crippen molar-refractivity contribution in [3.8, 4) is 22.6 Å². The fourth-order valence-electron chi connectivity index (χ4n) is 3.71. The quantitative estimate of drug-likeness (QED) is 0.0595. The predicted octanol–water partition coefficient (Wildman–Crippen LogP) is 3.57. The molecule has 15 heteroatoms. The van der Waals surface area contributed by atoms with Gasteiger partial charge in [-0.15, -0.1) is 11.6 Å². The predicted molar refractivity (Wildman–Crippen MR) is 163 cm³/mol. The summed E-state index contributed by atoms with van der Waals surface area (Å²) < 4.78 is 57.8. The summed E-state index contributed by atoms with van der Waals surface area (Å²) in [4.78, 5) is 10.7. The molecule has 0 saturated heterocycles. The normalized spacial score (nSPS) is 11.8. The number of unbranched alkanes of at least 4 members (excludes halogenated alkanes) is 1. The zero-order valence-corrected chi connectivity index (χ0v) is 25.9. The first-order chi connectivity index (χ1) is 20.2. The number of aromatic hydroxyl groups is 1. The van der Waals surface area contributed by atoms with Gasteiger partial charge in [0.25, 0.3) is 0 Å². The number of phenols is 1. The monoisotopic (exact) mass is 655 g/mol. The van der Waals surface area contributed by atoms with Crippen LogP contribution in [0.2, 0.25) is 0 Å². The van der Waals surface area contributed by atoms with Crippen molar-refractivity contribution >= 4 is 43.3 Å². The number of hydrogen-bond acceptors (Lipinski definition) is 9. The fourth-order valence-corrected chi connectivity index (χ4v) is 6.04. The number of sulfonamides is 1. The summed E-state index contributed by atoms with van der Waals surface area (Å²) in [5, 5.41) is 30.7. The Balaban J connectivity index is 0.00000119. The number of oxime groups is 1. The molecule has 3 rings (SSSR count). The van der Waals surface area contributed by atoms with Crippen LogP contribution in [0.4, 0.5) is 0 Å². The Labute approximate surface area is 255 Å². The van der Waals surface area contributed by atoms with Gasteiger partial charge in [-0.05, 0) is 54.3 Å². The molecular weight excluding hydrogens is 622 g/mol. The van der Waals surface area contributed by atoms with Gasteiger partial charge in [0.15, 0.2) is 22.3 Å². The summed E-state index contributed by atoms with van der Waals surface area (Å²) in [5.74, 6) is -1.19. The highest BCUT2D eigenvalue weighted by molar-refractivity contribution is 7.91. The summed E-state index contributed by atoms with van der Waals surface area (Å²) in [6.07, 6.45) is 3.50. The molecule has 0 unspecified atom stereocenters. The Morgan fingerprint density at radius 3 is 2.33 bits per heavy atom. The minimum atomic E-state index is -4.23. The summed E-state index contributed by atoms with van der Waals surface area (Å²) in [5.41, 5.74) is 6.87. The van der Waals surface area contributed by atoms with E-state index in [1.54, 1.807) is 30.3 Å². The van der Waals surface area contributed by atoms with Crippen molar-refractivity contribution in [1.29, 1.82) is 0 Å². The van der Waals surface area contributed by atoms with E-state index in [9.17, 15) is 26.7 Å². The van der Waals surface area contributed by atoms with Gasteiger partial charge in [0.1, 0.15) is 16.4 Å². The highest BCUT2D eigenvalue weighted by Gasteiger charge is 2.21. The van der Waals surface area contributed by atoms with Gasteiger partial charge in [-0.3, -0.25) is 0 Å². The summed E-state index contributed by atoms with van der Waals surface area (Å²) >= 11 is 5.30. The second-order valence-electron chi connectivity index (χ2n) is 9.13. The summed E-state index contributed by atoms with van der Waals surface area (Å²) in [6, 6.07) is 14.4. The van der Waals surface area contributed by atoms with Crippen molar-refractivity contribution in [3.63, 3.8) is 0 Å². The van der Waals surface area contributed by atoms with E-state index in [1.165, 1.54) is 24.6 Å². The lowest BCUT2D eigenvalue weighted by Crippen LogP contribution is -2.26. The Morgan fingerprint density at radius 1 is 1.05 bits per heavy atom. The molecule has 234 valence electrons. The van der Waals surface area contributed by atoms with Crippen molar-refractivity contribution in [3.05, 3.63) is 71.8 Å². The van der Waals surface area contributed by atoms with Crippen LogP contribution in [0, 0.1) is 0 Å². The Kier molecular flexibility index (Phi) is 13.3. The van der Waals surface area contributed by atoms with Gasteiger partial charge in [0.05, 0.1) is 4.90 Å². The Hall–Kier alpha value is -3.85. The lowest BCUT2D eigenvalue weighted by atomic mass is 10.0. The van der Waals surface area contributed by atoms with E-state index in [1.807, 2.05) is 0 Å². The number of ether oxygens (including phenoxy) is 1. The number of rotatable bonds is 13. The van der Waals surface area contributed by atoms with Gasteiger partial charge in [-0.1, -0.05) is 48.8 Å². The van der Waals surface area contributed by atoms with Crippen LogP contribution in [0.25, 0.3) is 11.1 Å². The number of carbonyl (C=O) groups is 1. The molecule has 0 aromatic heterocycles. The number of sulfone groups is 1. The fraction of sp³-hybridized carbons (Fsp3) is 0.286. The molecule has 0 atom stereocenters. The largest absolute Gasteiger partial charge is 0.507 e. The van der Waals surface area contributed by atoms with Crippen LogP contribution >= 0.6 is 11.6 Å². The number of phenolic OH excluding ortho intramolecular Hbond substituents is 1. The van der Waals surface area contributed by atoms with Crippen LogP contribution in [-0.4, -0.2) is 69.3 Å². The van der Waals surface area contributed by atoms with Gasteiger partial charge in [-0.2, -0.15) is 0 Å². The van der Waals surface area contributed by atoms with Gasteiger partial charge >= 0.3 is 5.97 Å². The highest BCUT2D eigenvalue weighted by atomic mass is 35.5. The molecule has 0 aliphatic carbocycles. The molecule has 0 fully saturated rings. The standard InChI is InChI=1S/C24H25N3O9S2.C4H9Cl/c1-37(32,33)21-5-3-2-4-18(21)16-7-6-15(20(12-16)36-14-23(29)30)10-11-26-38(34,35)22-13-17(24(25)27-31)8-9-19(22)28;1-2-3-4-5/h2-9,12-13,26,28,31H,10-11,14H2,1H3,(H2,25,27)(H,29,30);2-4H2,1H3. The maximum Gasteiger partial charge on any atom is 0.341 e. The summed E-state index contributed by atoms with van der Waals surface area (Å²) in [6.45, 7) is 1.28. The molecule has 0 amide bonds. The Morgan fingerprint density at radius 2 is 1.74 bits per heavy atom. The number of carboxylic acid groups (broad SMARTS) is 1. The average Bonchev–Trinajstić information content (AvgIpc) is 2.96. The topological polar surface area (TPSA) is 206 Å². The molecule has 6 N–H and O–H groups in total. The van der Waals surface area contributed by atoms with E-state index in [0.717, 1.165) is 30.7 Å². The van der Waals surface area contributed by atoms with Gasteiger partial charge in [0.2, 0.25) is 10.0 Å². The lowest BCUT2D eigenvalue weighted by molar-refractivity contribution is -0.139. The lowest BCUT2D eigenvalue weighted by Gasteiger charge is -2.15. The number of carboxylic acids is 1. The second kappa shape index (κ2) is 16.1. The zero-order valence-electron chi connectivity index (χ0n) is 23.5. The van der Waals surface area contributed by atoms with E-state index < -0.39 is 43.1 Å². The smallest absolute Gasteiger partial charge is 0.341 e. The molecule has 3 aromatic rings. The molecule has 0 aliphatic rings. The van der Waals surface area contributed by atoms with Crippen molar-refractivity contribution in [2.75, 3.05) is 25.3 Å². The SMILES string of the molecule is CCCCCl.CS(=O)(=O)c1ccccc1-c1ccc(CCNS(=O)(=O)c2cc(C(N)=NO)ccc2O)c(OCC(=O)O)c1. The van der Waals surface area contributed by atoms with Crippen LogP contribution in [-0.2, 0) is 31.1 Å². The van der Waals surface area contributed by atoms with E-state index >= 15 is 0 Å². The number of benzene rings is 3. The third-order valence-electron chi connectivity index (χ3n) is 5.84. The van der Waals surface area contributed by atoms with Crippen LogP contribution in [0.5, 0.6) is 11.5 Å². The summed E-state index contributed by atoms with van der Waals surface area (Å²) in [7, 11) is -7.79. The number of hydrogen-bond donors (Lipinski definition) is 5. The van der Waals surface area contributed by atoms with Crippen LogP contribution in [0.1, 0.15) is 30.9 Å². The van der Waals surface area contributed by atoms with Crippen LogP contribution in [0.15, 0.2) is 75.6 Å². The molecule has 0 radical (unpaired) electrons. The highest BCUT2D eigenvalue weighted by Crippen LogP contribution is 2.32. The average molecular weight is 656 g/mol. The molecule has 3 aromatic carbocycles. The molecule has 43 heavy (non-hydrogen) atoms. The minimum Gasteiger partial charge on any atom is -0.507 e. The third kappa shape index (κ3) is 10.4. The van der Waals surface area contributed by atoms with Crippen molar-refractivity contribution in [2.45, 2.75) is 36.0 Å². The molecule has 0 spiro atoms. The second-order valence-corrected chi connectivity index (χ2v) is 13.2. The Bertz CT molecular complexity index is 1660. The van der Waals surface area contributed by atoms with Crippen LogP contribution < -0.4 is 15.2 Å². The number of aliphatic carboxylic acids is 1. The number of alkyl halides is 1. The van der Waals surface area contributed by atoms with Crippen molar-refractivity contribution in [2.24, 2.45) is 10.9 Å². The van der Waals surface area contributed by atoms with Crippen LogP contribution in [0.3, 0.4) is 0 Å². The number of nitrogens with one attached hydrogen (secondary N) is 1. The third-order valence-corrected chi connectivity index (χ3v) is 8.75. The molecular formula is C28H34ClN3O9S2. The first-order valence-electron chi connectivity index (χ1n) is 12.9. The van der Waals surface area contributed by atoms with Gasteiger partial charge in [0, 0.05) is 29.8 Å². The van der Waals surface area contributed by atoms with Crippen molar-refractivity contribution < 1.29 is 41.8 Å². The number of amidine groups is 1. The number of nitrogens with zero attached hydrogens (tertiary/aromatic N) is 1. The van der Waals surface area contributed by atoms with Gasteiger partial charge in [-0.25, -0.2) is 26.4 Å².